The summed E-state index contributed by atoms with van der Waals surface area (Å²) in [4.78, 5) is 11.9. The second-order valence-corrected chi connectivity index (χ2v) is 5.70. The van der Waals surface area contributed by atoms with Crippen LogP contribution in [0.15, 0.2) is 22.7 Å². The van der Waals surface area contributed by atoms with Gasteiger partial charge in [-0.05, 0) is 36.6 Å². The minimum Gasteiger partial charge on any atom is -0.342 e. The largest absolute Gasteiger partial charge is 0.342 e. The molecule has 1 fully saturated rings. The van der Waals surface area contributed by atoms with Gasteiger partial charge in [-0.25, -0.2) is 0 Å². The highest BCUT2D eigenvalue weighted by molar-refractivity contribution is 9.10. The molecule has 3 heteroatoms. The summed E-state index contributed by atoms with van der Waals surface area (Å²) in [5.41, 5.74) is 2.01. The molecular weight excluding hydrogens is 266 g/mol. The Bertz CT molecular complexity index is 449. The minimum atomic E-state index is -0.0611. The SMILES string of the molecule is O=C1NC2(CCCCC2)c2cc(Br)ccc21. The summed E-state index contributed by atoms with van der Waals surface area (Å²) in [6.45, 7) is 0. The second-order valence-electron chi connectivity index (χ2n) is 4.79. The summed E-state index contributed by atoms with van der Waals surface area (Å²) < 4.78 is 1.06. The summed E-state index contributed by atoms with van der Waals surface area (Å²) in [5, 5.41) is 3.20. The second kappa shape index (κ2) is 3.59. The third-order valence-electron chi connectivity index (χ3n) is 3.80. The van der Waals surface area contributed by atoms with Gasteiger partial charge in [0.15, 0.2) is 0 Å². The topological polar surface area (TPSA) is 29.1 Å². The van der Waals surface area contributed by atoms with Crippen LogP contribution >= 0.6 is 15.9 Å². The van der Waals surface area contributed by atoms with Gasteiger partial charge in [0.05, 0.1) is 5.54 Å². The van der Waals surface area contributed by atoms with Gasteiger partial charge in [-0.1, -0.05) is 35.2 Å². The van der Waals surface area contributed by atoms with Gasteiger partial charge in [0, 0.05) is 10.0 Å². The van der Waals surface area contributed by atoms with E-state index in [1.54, 1.807) is 0 Å². The third kappa shape index (κ3) is 1.41. The fraction of sp³-hybridized carbons (Fsp3) is 0.462. The van der Waals surface area contributed by atoms with Gasteiger partial charge in [0.1, 0.15) is 0 Å². The van der Waals surface area contributed by atoms with Gasteiger partial charge in [0.2, 0.25) is 0 Å². The van der Waals surface area contributed by atoms with E-state index in [9.17, 15) is 4.79 Å². The number of rotatable bonds is 0. The zero-order valence-corrected chi connectivity index (χ0v) is 10.6. The standard InChI is InChI=1S/C13H14BrNO/c14-9-4-5-10-11(8-9)13(15-12(10)16)6-2-1-3-7-13/h4-5,8H,1-3,6-7H2,(H,15,16). The number of fused-ring (bicyclic) bond motifs is 2. The van der Waals surface area contributed by atoms with Crippen LogP contribution in [0.4, 0.5) is 0 Å². The Morgan fingerprint density at radius 3 is 2.69 bits per heavy atom. The van der Waals surface area contributed by atoms with E-state index >= 15 is 0 Å². The van der Waals surface area contributed by atoms with Gasteiger partial charge < -0.3 is 5.32 Å². The predicted octanol–water partition coefficient (Wildman–Crippen LogP) is 3.35. The van der Waals surface area contributed by atoms with Crippen molar-refractivity contribution in [2.24, 2.45) is 0 Å². The van der Waals surface area contributed by atoms with Crippen LogP contribution in [-0.2, 0) is 5.54 Å². The lowest BCUT2D eigenvalue weighted by Gasteiger charge is -2.34. The number of nitrogens with one attached hydrogen (secondary N) is 1. The predicted molar refractivity (Wildman–Crippen MR) is 66.4 cm³/mol. The molecule has 16 heavy (non-hydrogen) atoms. The van der Waals surface area contributed by atoms with Crippen molar-refractivity contribution in [1.29, 1.82) is 0 Å². The van der Waals surface area contributed by atoms with Crippen molar-refractivity contribution in [2.45, 2.75) is 37.6 Å². The van der Waals surface area contributed by atoms with Crippen LogP contribution in [0.25, 0.3) is 0 Å². The molecule has 1 N–H and O–H groups in total. The Labute approximate surface area is 104 Å². The van der Waals surface area contributed by atoms with Gasteiger partial charge >= 0.3 is 0 Å². The first-order chi connectivity index (χ1) is 7.71. The molecule has 2 aliphatic rings. The maximum absolute atomic E-state index is 11.9. The molecule has 0 radical (unpaired) electrons. The Kier molecular flexibility index (Phi) is 2.32. The zero-order valence-electron chi connectivity index (χ0n) is 9.05. The molecule has 1 aromatic rings. The number of hydrogen-bond acceptors (Lipinski definition) is 1. The fourth-order valence-corrected chi connectivity index (χ4v) is 3.37. The molecule has 0 unspecified atom stereocenters. The van der Waals surface area contributed by atoms with E-state index in [0.717, 1.165) is 22.9 Å². The summed E-state index contributed by atoms with van der Waals surface area (Å²) in [7, 11) is 0. The van der Waals surface area contributed by atoms with Crippen molar-refractivity contribution in [3.8, 4) is 0 Å². The zero-order chi connectivity index (χ0) is 11.2. The van der Waals surface area contributed by atoms with E-state index in [2.05, 4.69) is 27.3 Å². The molecule has 1 aliphatic heterocycles. The Hall–Kier alpha value is -0.830. The summed E-state index contributed by atoms with van der Waals surface area (Å²) in [6, 6.07) is 5.98. The lowest BCUT2D eigenvalue weighted by Crippen LogP contribution is -2.40. The van der Waals surface area contributed by atoms with E-state index in [1.807, 2.05) is 12.1 Å². The van der Waals surface area contributed by atoms with E-state index in [4.69, 9.17) is 0 Å². The van der Waals surface area contributed by atoms with E-state index in [0.29, 0.717) is 0 Å². The van der Waals surface area contributed by atoms with Gasteiger partial charge in [-0.3, -0.25) is 4.79 Å². The van der Waals surface area contributed by atoms with Crippen molar-refractivity contribution in [3.05, 3.63) is 33.8 Å². The van der Waals surface area contributed by atoms with Gasteiger partial charge in [-0.2, -0.15) is 0 Å². The molecule has 84 valence electrons. The molecule has 0 saturated heterocycles. The van der Waals surface area contributed by atoms with Gasteiger partial charge in [-0.15, -0.1) is 0 Å². The number of hydrogen-bond donors (Lipinski definition) is 1. The smallest absolute Gasteiger partial charge is 0.252 e. The maximum Gasteiger partial charge on any atom is 0.252 e. The van der Waals surface area contributed by atoms with E-state index in [-0.39, 0.29) is 11.4 Å². The highest BCUT2D eigenvalue weighted by Crippen LogP contribution is 2.43. The highest BCUT2D eigenvalue weighted by Gasteiger charge is 2.43. The number of amides is 1. The molecule has 0 atom stereocenters. The Morgan fingerprint density at radius 2 is 1.94 bits per heavy atom. The van der Waals surface area contributed by atoms with Crippen molar-refractivity contribution >= 4 is 21.8 Å². The van der Waals surface area contributed by atoms with Crippen LogP contribution < -0.4 is 5.32 Å². The number of carbonyl (C=O) groups excluding carboxylic acids is 1. The lowest BCUT2D eigenvalue weighted by molar-refractivity contribution is 0.0909. The van der Waals surface area contributed by atoms with Crippen molar-refractivity contribution in [1.82, 2.24) is 5.32 Å². The quantitative estimate of drug-likeness (QED) is 0.775. The molecule has 1 amide bonds. The van der Waals surface area contributed by atoms with Crippen LogP contribution in [0.3, 0.4) is 0 Å². The number of benzene rings is 1. The lowest BCUT2D eigenvalue weighted by atomic mass is 9.77. The average molecular weight is 280 g/mol. The van der Waals surface area contributed by atoms with Crippen LogP contribution in [0, 0.1) is 0 Å². The molecular formula is C13H14BrNO. The molecule has 1 spiro atoms. The summed E-state index contributed by atoms with van der Waals surface area (Å²) >= 11 is 3.50. The highest BCUT2D eigenvalue weighted by atomic mass is 79.9. The van der Waals surface area contributed by atoms with E-state index in [1.165, 1.54) is 24.8 Å². The summed E-state index contributed by atoms with van der Waals surface area (Å²) in [5.74, 6) is 0.101. The van der Waals surface area contributed by atoms with Crippen LogP contribution in [0.1, 0.15) is 48.0 Å². The first-order valence-corrected chi connectivity index (χ1v) is 6.63. The van der Waals surface area contributed by atoms with Crippen molar-refractivity contribution < 1.29 is 4.79 Å². The molecule has 2 nitrogen and oxygen atoms in total. The van der Waals surface area contributed by atoms with E-state index < -0.39 is 0 Å². The third-order valence-corrected chi connectivity index (χ3v) is 4.29. The normalized spacial score (nSPS) is 21.9. The van der Waals surface area contributed by atoms with Crippen LogP contribution in [0.2, 0.25) is 0 Å². The minimum absolute atomic E-state index is 0.0611. The molecule has 1 heterocycles. The fourth-order valence-electron chi connectivity index (χ4n) is 3.01. The van der Waals surface area contributed by atoms with Crippen molar-refractivity contribution in [2.75, 3.05) is 0 Å². The number of carbonyl (C=O) groups is 1. The summed E-state index contributed by atoms with van der Waals surface area (Å²) in [6.07, 6.45) is 5.89. The Balaban J connectivity index is 2.12. The molecule has 0 bridgehead atoms. The van der Waals surface area contributed by atoms with Crippen LogP contribution in [0.5, 0.6) is 0 Å². The molecule has 0 aromatic heterocycles. The van der Waals surface area contributed by atoms with Crippen LogP contribution in [-0.4, -0.2) is 5.91 Å². The Morgan fingerprint density at radius 1 is 1.19 bits per heavy atom. The number of halogens is 1. The first-order valence-electron chi connectivity index (χ1n) is 5.84. The average Bonchev–Trinajstić information content (AvgIpc) is 2.53. The first kappa shape index (κ1) is 10.3. The molecule has 1 aromatic carbocycles. The van der Waals surface area contributed by atoms with Gasteiger partial charge in [0.25, 0.3) is 5.91 Å². The molecule has 3 rings (SSSR count). The maximum atomic E-state index is 11.9. The van der Waals surface area contributed by atoms with Crippen molar-refractivity contribution in [3.63, 3.8) is 0 Å². The molecule has 1 aliphatic carbocycles. The molecule has 1 saturated carbocycles. The monoisotopic (exact) mass is 279 g/mol.